The fraction of sp³-hybridized carbons (Fsp3) is 0.385. The maximum atomic E-state index is 12.4. The van der Waals surface area contributed by atoms with Crippen molar-refractivity contribution in [2.75, 3.05) is 0 Å². The first kappa shape index (κ1) is 13.1. The minimum Gasteiger partial charge on any atom is -0.419 e. The molecule has 0 radical (unpaired) electrons. The van der Waals surface area contributed by atoms with Gasteiger partial charge in [-0.05, 0) is 37.1 Å². The summed E-state index contributed by atoms with van der Waals surface area (Å²) >= 11 is 0. The highest BCUT2D eigenvalue weighted by molar-refractivity contribution is 5.53. The molecule has 2 aromatic rings. The van der Waals surface area contributed by atoms with Crippen molar-refractivity contribution in [3.8, 4) is 11.5 Å². The molecule has 3 rings (SSSR count). The van der Waals surface area contributed by atoms with E-state index < -0.39 is 11.7 Å². The molecular formula is C13H12F3N3O. The van der Waals surface area contributed by atoms with Crippen LogP contribution in [-0.2, 0) is 12.7 Å². The van der Waals surface area contributed by atoms with Gasteiger partial charge in [0.25, 0.3) is 0 Å². The molecule has 7 heteroatoms. The van der Waals surface area contributed by atoms with Crippen molar-refractivity contribution in [3.63, 3.8) is 0 Å². The van der Waals surface area contributed by atoms with Crippen molar-refractivity contribution in [1.29, 1.82) is 0 Å². The highest BCUT2D eigenvalue weighted by Crippen LogP contribution is 2.30. The van der Waals surface area contributed by atoms with Gasteiger partial charge in [0.2, 0.25) is 11.8 Å². The Balaban J connectivity index is 1.71. The number of aromatic nitrogens is 2. The molecule has 0 unspecified atom stereocenters. The van der Waals surface area contributed by atoms with Gasteiger partial charge in [0.15, 0.2) is 0 Å². The second-order valence-corrected chi connectivity index (χ2v) is 4.73. The van der Waals surface area contributed by atoms with Crippen LogP contribution in [0.4, 0.5) is 13.2 Å². The summed E-state index contributed by atoms with van der Waals surface area (Å²) in [5, 5.41) is 10.9. The van der Waals surface area contributed by atoms with Gasteiger partial charge in [0.05, 0.1) is 12.1 Å². The Morgan fingerprint density at radius 1 is 1.15 bits per heavy atom. The van der Waals surface area contributed by atoms with Crippen molar-refractivity contribution < 1.29 is 17.6 Å². The summed E-state index contributed by atoms with van der Waals surface area (Å²) in [6.45, 7) is 0.484. The molecule has 1 heterocycles. The van der Waals surface area contributed by atoms with E-state index in [0.29, 0.717) is 24.0 Å². The third kappa shape index (κ3) is 2.98. The third-order valence-electron chi connectivity index (χ3n) is 3.05. The molecule has 0 bridgehead atoms. The molecule has 0 aliphatic heterocycles. The SMILES string of the molecule is FC(F)(F)c1ccc(-c2nnc(CNC3CC3)o2)cc1. The second kappa shape index (κ2) is 4.90. The van der Waals surface area contributed by atoms with Gasteiger partial charge < -0.3 is 9.73 Å². The molecule has 1 saturated carbocycles. The molecule has 4 nitrogen and oxygen atoms in total. The predicted octanol–water partition coefficient (Wildman–Crippen LogP) is 3.01. The van der Waals surface area contributed by atoms with E-state index in [4.69, 9.17) is 4.42 Å². The number of alkyl halides is 3. The zero-order valence-electron chi connectivity index (χ0n) is 10.4. The Bertz CT molecular complexity index is 588. The van der Waals surface area contributed by atoms with Crippen molar-refractivity contribution >= 4 is 0 Å². The lowest BCUT2D eigenvalue weighted by Crippen LogP contribution is -2.15. The zero-order valence-corrected chi connectivity index (χ0v) is 10.4. The monoisotopic (exact) mass is 283 g/mol. The lowest BCUT2D eigenvalue weighted by atomic mass is 10.1. The Kier molecular flexibility index (Phi) is 3.21. The molecular weight excluding hydrogens is 271 g/mol. The summed E-state index contributed by atoms with van der Waals surface area (Å²) in [5.41, 5.74) is -0.223. The smallest absolute Gasteiger partial charge is 0.416 e. The van der Waals surface area contributed by atoms with E-state index >= 15 is 0 Å². The third-order valence-corrected chi connectivity index (χ3v) is 3.05. The second-order valence-electron chi connectivity index (χ2n) is 4.73. The first-order chi connectivity index (χ1) is 9.52. The van der Waals surface area contributed by atoms with Gasteiger partial charge >= 0.3 is 6.18 Å². The maximum absolute atomic E-state index is 12.4. The van der Waals surface area contributed by atoms with Crippen LogP contribution < -0.4 is 5.32 Å². The van der Waals surface area contributed by atoms with Crippen LogP contribution in [0.1, 0.15) is 24.3 Å². The van der Waals surface area contributed by atoms with Crippen molar-refractivity contribution in [3.05, 3.63) is 35.7 Å². The average molecular weight is 283 g/mol. The van der Waals surface area contributed by atoms with Crippen LogP contribution in [0.25, 0.3) is 11.5 Å². The van der Waals surface area contributed by atoms with E-state index in [1.165, 1.54) is 12.1 Å². The Morgan fingerprint density at radius 2 is 1.85 bits per heavy atom. The molecule has 1 aliphatic rings. The Labute approximate surface area is 113 Å². The van der Waals surface area contributed by atoms with Gasteiger partial charge in [0, 0.05) is 11.6 Å². The normalized spacial score (nSPS) is 15.6. The Hall–Kier alpha value is -1.89. The highest BCUT2D eigenvalue weighted by Gasteiger charge is 2.30. The van der Waals surface area contributed by atoms with Gasteiger partial charge in [-0.3, -0.25) is 0 Å². The minimum atomic E-state index is -4.34. The van der Waals surface area contributed by atoms with Gasteiger partial charge in [-0.15, -0.1) is 10.2 Å². The molecule has 0 atom stereocenters. The number of hydrogen-bond acceptors (Lipinski definition) is 4. The molecule has 106 valence electrons. The van der Waals surface area contributed by atoms with Crippen LogP contribution in [0.3, 0.4) is 0 Å². The fourth-order valence-electron chi connectivity index (χ4n) is 1.76. The number of benzene rings is 1. The molecule has 1 fully saturated rings. The molecule has 1 aromatic heterocycles. The van der Waals surface area contributed by atoms with Crippen LogP contribution in [0.2, 0.25) is 0 Å². The van der Waals surface area contributed by atoms with Gasteiger partial charge in [-0.25, -0.2) is 0 Å². The van der Waals surface area contributed by atoms with Crippen molar-refractivity contribution in [2.45, 2.75) is 31.6 Å². The van der Waals surface area contributed by atoms with Crippen LogP contribution in [-0.4, -0.2) is 16.2 Å². The van der Waals surface area contributed by atoms with E-state index in [1.54, 1.807) is 0 Å². The van der Waals surface area contributed by atoms with Crippen LogP contribution in [0.5, 0.6) is 0 Å². The first-order valence-corrected chi connectivity index (χ1v) is 6.26. The molecule has 0 amide bonds. The summed E-state index contributed by atoms with van der Waals surface area (Å²) in [7, 11) is 0. The molecule has 20 heavy (non-hydrogen) atoms. The van der Waals surface area contributed by atoms with Crippen molar-refractivity contribution in [1.82, 2.24) is 15.5 Å². The highest BCUT2D eigenvalue weighted by atomic mass is 19.4. The number of rotatable bonds is 4. The summed E-state index contributed by atoms with van der Waals surface area (Å²) in [6, 6.07) is 5.18. The number of hydrogen-bond donors (Lipinski definition) is 1. The van der Waals surface area contributed by atoms with Crippen LogP contribution in [0, 0.1) is 0 Å². The molecule has 1 aromatic carbocycles. The topological polar surface area (TPSA) is 51.0 Å². The van der Waals surface area contributed by atoms with E-state index in [0.717, 1.165) is 25.0 Å². The van der Waals surface area contributed by atoms with Crippen LogP contribution in [0.15, 0.2) is 28.7 Å². The molecule has 0 spiro atoms. The van der Waals surface area contributed by atoms with Gasteiger partial charge in [-0.1, -0.05) is 0 Å². The summed E-state index contributed by atoms with van der Waals surface area (Å²) < 4.78 is 42.8. The lowest BCUT2D eigenvalue weighted by molar-refractivity contribution is -0.137. The van der Waals surface area contributed by atoms with E-state index in [1.807, 2.05) is 0 Å². The van der Waals surface area contributed by atoms with E-state index in [2.05, 4.69) is 15.5 Å². The summed E-state index contributed by atoms with van der Waals surface area (Å²) in [6.07, 6.45) is -2.04. The van der Waals surface area contributed by atoms with Crippen molar-refractivity contribution in [2.24, 2.45) is 0 Å². The largest absolute Gasteiger partial charge is 0.419 e. The first-order valence-electron chi connectivity index (χ1n) is 6.26. The summed E-state index contributed by atoms with van der Waals surface area (Å²) in [5.74, 6) is 0.665. The Morgan fingerprint density at radius 3 is 2.45 bits per heavy atom. The average Bonchev–Trinajstić information content (AvgIpc) is 3.13. The maximum Gasteiger partial charge on any atom is 0.416 e. The van der Waals surface area contributed by atoms with Crippen LogP contribution >= 0.6 is 0 Å². The number of nitrogens with zero attached hydrogens (tertiary/aromatic N) is 2. The predicted molar refractivity (Wildman–Crippen MR) is 64.6 cm³/mol. The quantitative estimate of drug-likeness (QED) is 0.937. The standard InChI is InChI=1S/C13H12F3N3O/c14-13(15,16)9-3-1-8(2-4-9)12-19-18-11(20-12)7-17-10-5-6-10/h1-4,10,17H,5-7H2. The van der Waals surface area contributed by atoms with E-state index in [-0.39, 0.29) is 5.89 Å². The van der Waals surface area contributed by atoms with Gasteiger partial charge in [-0.2, -0.15) is 13.2 Å². The summed E-state index contributed by atoms with van der Waals surface area (Å²) in [4.78, 5) is 0. The number of nitrogens with one attached hydrogen (secondary N) is 1. The lowest BCUT2D eigenvalue weighted by Gasteiger charge is -2.05. The zero-order chi connectivity index (χ0) is 14.2. The van der Waals surface area contributed by atoms with Gasteiger partial charge in [0.1, 0.15) is 0 Å². The molecule has 0 saturated heterocycles. The molecule has 1 N–H and O–H groups in total. The minimum absolute atomic E-state index is 0.228. The number of halogens is 3. The molecule has 1 aliphatic carbocycles. The van der Waals surface area contributed by atoms with E-state index in [9.17, 15) is 13.2 Å². The fourth-order valence-corrected chi connectivity index (χ4v) is 1.76.